The number of aliphatic carboxylic acids is 1. The Morgan fingerprint density at radius 2 is 2.00 bits per heavy atom. The molecule has 2 saturated heterocycles. The normalized spacial score (nSPS) is 41.2. The molecule has 2 heterocycles. The first-order valence-corrected chi connectivity index (χ1v) is 3.77. The van der Waals surface area contributed by atoms with Crippen LogP contribution in [-0.2, 0) is 4.79 Å². The maximum Gasteiger partial charge on any atom is 0.323 e. The molecule has 2 aliphatic heterocycles. The Bertz CT molecular complexity index is 241. The van der Waals surface area contributed by atoms with Gasteiger partial charge in [0.25, 0.3) is 0 Å². The van der Waals surface area contributed by atoms with Gasteiger partial charge in [-0.1, -0.05) is 0 Å². The second-order valence-electron chi connectivity index (χ2n) is 3.76. The van der Waals surface area contributed by atoms with Gasteiger partial charge in [-0.05, 0) is 12.8 Å². The van der Waals surface area contributed by atoms with E-state index in [1.165, 1.54) is 0 Å². The highest BCUT2D eigenvalue weighted by Crippen LogP contribution is 2.57. The van der Waals surface area contributed by atoms with Gasteiger partial charge in [-0.2, -0.15) is 0 Å². The van der Waals surface area contributed by atoms with Crippen LogP contribution < -0.4 is 5.32 Å². The molecule has 0 radical (unpaired) electrons. The molecule has 3 rings (SSSR count). The molecule has 6 heteroatoms. The van der Waals surface area contributed by atoms with E-state index in [1.807, 2.05) is 0 Å². The maximum atomic E-state index is 12.4. The molecule has 0 unspecified atom stereocenters. The van der Waals surface area contributed by atoms with Gasteiger partial charge < -0.3 is 10.4 Å². The van der Waals surface area contributed by atoms with Gasteiger partial charge >= 0.3 is 5.97 Å². The molecule has 13 heavy (non-hydrogen) atoms. The van der Waals surface area contributed by atoms with Crippen LogP contribution in [0.25, 0.3) is 0 Å². The Morgan fingerprint density at radius 3 is 2.23 bits per heavy atom. The van der Waals surface area contributed by atoms with Crippen LogP contribution in [0.5, 0.6) is 0 Å². The van der Waals surface area contributed by atoms with Crippen LogP contribution in [0.3, 0.4) is 0 Å². The molecule has 2 bridgehead atoms. The van der Waals surface area contributed by atoms with Crippen molar-refractivity contribution in [2.45, 2.75) is 24.8 Å². The number of hydrogen-bond acceptors (Lipinski definition) is 2. The van der Waals surface area contributed by atoms with Gasteiger partial charge in [-0.3, -0.25) is 4.79 Å². The smallest absolute Gasteiger partial charge is 0.323 e. The van der Waals surface area contributed by atoms with Crippen LogP contribution in [0.1, 0.15) is 12.8 Å². The number of carboxylic acid groups (broad SMARTS) is 1. The first kappa shape index (κ1) is 10.7. The molecule has 2 N–H and O–H groups in total. The number of alkyl halides is 2. The Balaban J connectivity index is 0.000000845. The van der Waals surface area contributed by atoms with Gasteiger partial charge in [0.1, 0.15) is 5.54 Å². The highest BCUT2D eigenvalue weighted by molar-refractivity contribution is 5.85. The fraction of sp³-hybridized carbons (Fsp3) is 0.857. The third-order valence-corrected chi connectivity index (χ3v) is 2.96. The second-order valence-corrected chi connectivity index (χ2v) is 3.76. The molecule has 0 spiro atoms. The lowest BCUT2D eigenvalue weighted by Gasteiger charge is -2.42. The molecule has 3 nitrogen and oxygen atoms in total. The fourth-order valence-electron chi connectivity index (χ4n) is 2.20. The third kappa shape index (κ3) is 1.14. The SMILES string of the molecule is Cl.O=C(O)C12CC(C(F)F)(CN1)C2. The number of hydrogen-bond donors (Lipinski definition) is 2. The molecule has 0 aromatic rings. The molecular weight excluding hydrogens is 204 g/mol. The summed E-state index contributed by atoms with van der Waals surface area (Å²) in [6.07, 6.45) is -2.25. The monoisotopic (exact) mass is 213 g/mol. The number of carboxylic acids is 1. The van der Waals surface area contributed by atoms with Crippen LogP contribution in [0.4, 0.5) is 8.78 Å². The summed E-state index contributed by atoms with van der Waals surface area (Å²) in [5.41, 5.74) is -2.07. The number of rotatable bonds is 2. The third-order valence-electron chi connectivity index (χ3n) is 2.96. The van der Waals surface area contributed by atoms with Crippen LogP contribution in [0.15, 0.2) is 0 Å². The maximum absolute atomic E-state index is 12.4. The average molecular weight is 214 g/mol. The van der Waals surface area contributed by atoms with Crippen LogP contribution >= 0.6 is 12.4 Å². The molecule has 1 aliphatic carbocycles. The lowest BCUT2D eigenvalue weighted by atomic mass is 9.62. The van der Waals surface area contributed by atoms with E-state index in [4.69, 9.17) is 5.11 Å². The number of halogens is 3. The fourth-order valence-corrected chi connectivity index (χ4v) is 2.20. The van der Waals surface area contributed by atoms with Crippen molar-refractivity contribution in [2.75, 3.05) is 6.54 Å². The minimum Gasteiger partial charge on any atom is -0.480 e. The molecule has 1 saturated carbocycles. The van der Waals surface area contributed by atoms with E-state index in [0.717, 1.165) is 0 Å². The van der Waals surface area contributed by atoms with Crippen LogP contribution in [0, 0.1) is 5.41 Å². The minimum atomic E-state index is -2.40. The summed E-state index contributed by atoms with van der Waals surface area (Å²) in [6, 6.07) is 0. The first-order chi connectivity index (χ1) is 5.51. The van der Waals surface area contributed by atoms with Crippen molar-refractivity contribution >= 4 is 18.4 Å². The lowest BCUT2D eigenvalue weighted by Crippen LogP contribution is -2.55. The number of fused-ring (bicyclic) bond motifs is 1. The van der Waals surface area contributed by atoms with E-state index in [9.17, 15) is 13.6 Å². The molecule has 0 atom stereocenters. The molecule has 0 aromatic heterocycles. The lowest BCUT2D eigenvalue weighted by molar-refractivity contribution is -0.153. The predicted octanol–water partition coefficient (Wildman–Crippen LogP) is 0.880. The van der Waals surface area contributed by atoms with Gasteiger partial charge in [0.05, 0.1) is 0 Å². The van der Waals surface area contributed by atoms with Gasteiger partial charge in [-0.25, -0.2) is 8.78 Å². The van der Waals surface area contributed by atoms with Crippen molar-refractivity contribution in [3.63, 3.8) is 0 Å². The number of carbonyl (C=O) groups is 1. The average Bonchev–Trinajstić information content (AvgIpc) is 2.37. The van der Waals surface area contributed by atoms with E-state index in [-0.39, 0.29) is 31.8 Å². The highest BCUT2D eigenvalue weighted by Gasteiger charge is 2.68. The Morgan fingerprint density at radius 1 is 1.46 bits per heavy atom. The summed E-state index contributed by atoms with van der Waals surface area (Å²) in [5.74, 6) is -1.00. The molecule has 76 valence electrons. The first-order valence-electron chi connectivity index (χ1n) is 3.77. The van der Waals surface area contributed by atoms with Crippen LogP contribution in [0.2, 0.25) is 0 Å². The Labute approximate surface area is 79.9 Å². The summed E-state index contributed by atoms with van der Waals surface area (Å²) in [7, 11) is 0. The predicted molar refractivity (Wildman–Crippen MR) is 43.3 cm³/mol. The topological polar surface area (TPSA) is 49.3 Å². The zero-order chi connectivity index (χ0) is 8.98. The summed E-state index contributed by atoms with van der Waals surface area (Å²) >= 11 is 0. The van der Waals surface area contributed by atoms with E-state index < -0.39 is 23.3 Å². The van der Waals surface area contributed by atoms with Gasteiger partial charge in [0.2, 0.25) is 6.43 Å². The van der Waals surface area contributed by atoms with Crippen LogP contribution in [-0.4, -0.2) is 29.6 Å². The molecule has 0 aromatic carbocycles. The van der Waals surface area contributed by atoms with Crippen molar-refractivity contribution in [3.05, 3.63) is 0 Å². The van der Waals surface area contributed by atoms with E-state index in [0.29, 0.717) is 0 Å². The van der Waals surface area contributed by atoms with Crippen molar-refractivity contribution in [1.29, 1.82) is 0 Å². The second kappa shape index (κ2) is 2.78. The molecular formula is C7H10ClF2NO2. The van der Waals surface area contributed by atoms with E-state index in [2.05, 4.69) is 5.32 Å². The molecule has 3 aliphatic rings. The van der Waals surface area contributed by atoms with Crippen molar-refractivity contribution < 1.29 is 18.7 Å². The summed E-state index contributed by atoms with van der Waals surface area (Å²) < 4.78 is 24.7. The van der Waals surface area contributed by atoms with Crippen molar-refractivity contribution in [3.8, 4) is 0 Å². The highest BCUT2D eigenvalue weighted by atomic mass is 35.5. The largest absolute Gasteiger partial charge is 0.480 e. The number of nitrogens with one attached hydrogen (secondary N) is 1. The Kier molecular flexibility index (Phi) is 2.28. The quantitative estimate of drug-likeness (QED) is 0.716. The van der Waals surface area contributed by atoms with Gasteiger partial charge in [0.15, 0.2) is 0 Å². The van der Waals surface area contributed by atoms with Gasteiger partial charge in [-0.15, -0.1) is 12.4 Å². The van der Waals surface area contributed by atoms with E-state index >= 15 is 0 Å². The summed E-state index contributed by atoms with van der Waals surface area (Å²) in [4.78, 5) is 10.6. The Hall–Kier alpha value is -0.420. The van der Waals surface area contributed by atoms with Crippen molar-refractivity contribution in [2.24, 2.45) is 5.41 Å². The standard InChI is InChI=1S/C7H9F2NO2.ClH/c8-4(9)6-1-7(2-6,5(11)12)10-3-6;/h4,10H,1-3H2,(H,11,12);1H. The molecule has 0 amide bonds. The zero-order valence-corrected chi connectivity index (χ0v) is 7.53. The zero-order valence-electron chi connectivity index (χ0n) is 6.72. The van der Waals surface area contributed by atoms with Crippen molar-refractivity contribution in [1.82, 2.24) is 5.32 Å². The molecule has 3 fully saturated rings. The summed E-state index contributed by atoms with van der Waals surface area (Å²) in [6.45, 7) is 0.136. The van der Waals surface area contributed by atoms with E-state index in [1.54, 1.807) is 0 Å². The minimum absolute atomic E-state index is 0. The van der Waals surface area contributed by atoms with Gasteiger partial charge in [0, 0.05) is 12.0 Å². The summed E-state index contributed by atoms with van der Waals surface area (Å²) in [5, 5.41) is 11.3.